The second kappa shape index (κ2) is 6.48. The third-order valence-corrected chi connectivity index (χ3v) is 3.74. The highest BCUT2D eigenvalue weighted by Crippen LogP contribution is 2.23. The maximum Gasteiger partial charge on any atom is 0.255 e. The molecule has 1 aliphatic rings. The minimum atomic E-state index is -0.0959. The molecule has 1 amide bonds. The molecule has 112 valence electrons. The Morgan fingerprint density at radius 2 is 2.00 bits per heavy atom. The van der Waals surface area contributed by atoms with Crippen LogP contribution in [0.4, 0.5) is 0 Å². The van der Waals surface area contributed by atoms with Crippen molar-refractivity contribution >= 4 is 17.7 Å². The SMILES string of the molecule is CCCCc1ccc(C2=CC(=Cc3ccco3)C(=O)N2)cc1. The summed E-state index contributed by atoms with van der Waals surface area (Å²) in [7, 11) is 0. The number of benzene rings is 1. The van der Waals surface area contributed by atoms with Gasteiger partial charge in [0.1, 0.15) is 5.76 Å². The van der Waals surface area contributed by atoms with Crippen LogP contribution >= 0.6 is 0 Å². The Bertz CT molecular complexity index is 706. The van der Waals surface area contributed by atoms with Crippen LogP contribution in [0.1, 0.15) is 36.7 Å². The van der Waals surface area contributed by atoms with E-state index in [0.29, 0.717) is 11.3 Å². The van der Waals surface area contributed by atoms with Gasteiger partial charge in [-0.05, 0) is 48.3 Å². The van der Waals surface area contributed by atoms with E-state index in [-0.39, 0.29) is 5.91 Å². The van der Waals surface area contributed by atoms with Crippen LogP contribution in [-0.4, -0.2) is 5.91 Å². The second-order valence-corrected chi connectivity index (χ2v) is 5.43. The van der Waals surface area contributed by atoms with Crippen LogP contribution in [0.5, 0.6) is 0 Å². The molecule has 3 heteroatoms. The Morgan fingerprint density at radius 3 is 2.68 bits per heavy atom. The zero-order valence-electron chi connectivity index (χ0n) is 12.6. The first-order chi connectivity index (χ1) is 10.8. The first-order valence-corrected chi connectivity index (χ1v) is 7.64. The van der Waals surface area contributed by atoms with Gasteiger partial charge in [-0.2, -0.15) is 0 Å². The standard InChI is InChI=1S/C19H19NO2/c1-2-3-5-14-7-9-15(10-8-14)18-13-16(19(21)20-18)12-17-6-4-11-22-17/h4,6-13H,2-3,5H2,1H3,(H,20,21). The van der Waals surface area contributed by atoms with Gasteiger partial charge < -0.3 is 9.73 Å². The monoisotopic (exact) mass is 293 g/mol. The van der Waals surface area contributed by atoms with E-state index in [2.05, 4.69) is 36.5 Å². The van der Waals surface area contributed by atoms with Crippen molar-refractivity contribution in [2.24, 2.45) is 0 Å². The van der Waals surface area contributed by atoms with Crippen LogP contribution in [0.15, 0.2) is 58.7 Å². The van der Waals surface area contributed by atoms with Crippen LogP contribution in [-0.2, 0) is 11.2 Å². The number of unbranched alkanes of at least 4 members (excludes halogenated alkanes) is 1. The molecule has 0 saturated carbocycles. The minimum Gasteiger partial charge on any atom is -0.465 e. The molecule has 0 atom stereocenters. The Labute approximate surface area is 130 Å². The van der Waals surface area contributed by atoms with Gasteiger partial charge in [-0.3, -0.25) is 4.79 Å². The fourth-order valence-electron chi connectivity index (χ4n) is 2.47. The first-order valence-electron chi connectivity index (χ1n) is 7.64. The predicted octanol–water partition coefficient (Wildman–Crippen LogP) is 4.18. The molecule has 0 saturated heterocycles. The van der Waals surface area contributed by atoms with Gasteiger partial charge in [0.25, 0.3) is 5.91 Å². The average molecular weight is 293 g/mol. The number of carbonyl (C=O) groups excluding carboxylic acids is 1. The summed E-state index contributed by atoms with van der Waals surface area (Å²) in [6, 6.07) is 12.0. The molecule has 0 bridgehead atoms. The lowest BCUT2D eigenvalue weighted by atomic mass is 10.0. The van der Waals surface area contributed by atoms with E-state index in [9.17, 15) is 4.79 Å². The van der Waals surface area contributed by atoms with E-state index in [1.54, 1.807) is 18.4 Å². The van der Waals surface area contributed by atoms with Crippen molar-refractivity contribution in [3.63, 3.8) is 0 Å². The lowest BCUT2D eigenvalue weighted by Gasteiger charge is -2.05. The summed E-state index contributed by atoms with van der Waals surface area (Å²) in [5.74, 6) is 0.582. The first kappa shape index (κ1) is 14.4. The van der Waals surface area contributed by atoms with Gasteiger partial charge in [-0.15, -0.1) is 0 Å². The van der Waals surface area contributed by atoms with Crippen molar-refractivity contribution in [1.82, 2.24) is 5.32 Å². The minimum absolute atomic E-state index is 0.0959. The van der Waals surface area contributed by atoms with Crippen molar-refractivity contribution in [3.8, 4) is 0 Å². The second-order valence-electron chi connectivity index (χ2n) is 5.43. The molecule has 3 nitrogen and oxygen atoms in total. The maximum absolute atomic E-state index is 12.0. The smallest absolute Gasteiger partial charge is 0.255 e. The number of aryl methyl sites for hydroxylation is 1. The van der Waals surface area contributed by atoms with Crippen molar-refractivity contribution in [2.75, 3.05) is 0 Å². The Hall–Kier alpha value is -2.55. The highest BCUT2D eigenvalue weighted by atomic mass is 16.3. The summed E-state index contributed by atoms with van der Waals surface area (Å²) in [5, 5.41) is 2.91. The van der Waals surface area contributed by atoms with E-state index in [0.717, 1.165) is 17.7 Å². The van der Waals surface area contributed by atoms with Gasteiger partial charge >= 0.3 is 0 Å². The molecule has 2 aromatic rings. The van der Waals surface area contributed by atoms with Gasteiger partial charge in [0, 0.05) is 11.3 Å². The number of amides is 1. The molecule has 1 aromatic carbocycles. The van der Waals surface area contributed by atoms with E-state index in [4.69, 9.17) is 4.42 Å². The average Bonchev–Trinajstić information content (AvgIpc) is 3.17. The zero-order chi connectivity index (χ0) is 15.4. The number of rotatable bonds is 5. The van der Waals surface area contributed by atoms with Crippen LogP contribution < -0.4 is 5.32 Å². The molecule has 0 radical (unpaired) electrons. The summed E-state index contributed by atoms with van der Waals surface area (Å²) in [6.45, 7) is 2.19. The van der Waals surface area contributed by atoms with Gasteiger partial charge in [-0.1, -0.05) is 37.6 Å². The van der Waals surface area contributed by atoms with E-state index in [1.807, 2.05) is 12.1 Å². The summed E-state index contributed by atoms with van der Waals surface area (Å²) >= 11 is 0. The van der Waals surface area contributed by atoms with Gasteiger partial charge in [-0.25, -0.2) is 0 Å². The summed E-state index contributed by atoms with van der Waals surface area (Å²) in [5.41, 5.74) is 3.81. The molecule has 0 fully saturated rings. The number of furan rings is 1. The molecular formula is C19H19NO2. The van der Waals surface area contributed by atoms with E-state index in [1.165, 1.54) is 18.4 Å². The Balaban J connectivity index is 1.79. The summed E-state index contributed by atoms with van der Waals surface area (Å²) < 4.78 is 5.25. The maximum atomic E-state index is 12.0. The predicted molar refractivity (Wildman–Crippen MR) is 87.9 cm³/mol. The van der Waals surface area contributed by atoms with Crippen LogP contribution in [0.25, 0.3) is 11.8 Å². The molecule has 2 heterocycles. The fraction of sp³-hybridized carbons (Fsp3) is 0.211. The molecule has 0 aliphatic carbocycles. The fourth-order valence-corrected chi connectivity index (χ4v) is 2.47. The van der Waals surface area contributed by atoms with Crippen molar-refractivity contribution in [1.29, 1.82) is 0 Å². The number of hydrogen-bond donors (Lipinski definition) is 1. The van der Waals surface area contributed by atoms with Crippen LogP contribution in [0, 0.1) is 0 Å². The lowest BCUT2D eigenvalue weighted by molar-refractivity contribution is -0.115. The molecular weight excluding hydrogens is 274 g/mol. The van der Waals surface area contributed by atoms with E-state index >= 15 is 0 Å². The molecule has 0 unspecified atom stereocenters. The number of nitrogens with one attached hydrogen (secondary N) is 1. The molecule has 1 aliphatic heterocycles. The van der Waals surface area contributed by atoms with Crippen LogP contribution in [0.3, 0.4) is 0 Å². The van der Waals surface area contributed by atoms with Crippen molar-refractivity contribution < 1.29 is 9.21 Å². The van der Waals surface area contributed by atoms with Crippen LogP contribution in [0.2, 0.25) is 0 Å². The zero-order valence-corrected chi connectivity index (χ0v) is 12.6. The van der Waals surface area contributed by atoms with Gasteiger partial charge in [0.15, 0.2) is 0 Å². The van der Waals surface area contributed by atoms with Gasteiger partial charge in [0.05, 0.1) is 6.26 Å². The molecule has 3 rings (SSSR count). The normalized spacial score (nSPS) is 16.0. The topological polar surface area (TPSA) is 42.2 Å². The number of carbonyl (C=O) groups is 1. The largest absolute Gasteiger partial charge is 0.465 e. The summed E-state index contributed by atoms with van der Waals surface area (Å²) in [6.07, 6.45) is 8.72. The third kappa shape index (κ3) is 3.19. The van der Waals surface area contributed by atoms with Crippen molar-refractivity contribution in [2.45, 2.75) is 26.2 Å². The van der Waals surface area contributed by atoms with E-state index < -0.39 is 0 Å². The summed E-state index contributed by atoms with van der Waals surface area (Å²) in [4.78, 5) is 12.0. The Kier molecular flexibility index (Phi) is 4.24. The molecule has 1 N–H and O–H groups in total. The molecule has 0 spiro atoms. The quantitative estimate of drug-likeness (QED) is 0.840. The third-order valence-electron chi connectivity index (χ3n) is 3.74. The molecule has 1 aromatic heterocycles. The lowest BCUT2D eigenvalue weighted by Crippen LogP contribution is -2.15. The number of hydrogen-bond acceptors (Lipinski definition) is 2. The molecule has 22 heavy (non-hydrogen) atoms. The highest BCUT2D eigenvalue weighted by molar-refractivity contribution is 6.10. The van der Waals surface area contributed by atoms with Crippen molar-refractivity contribution in [3.05, 3.63) is 71.2 Å². The Morgan fingerprint density at radius 1 is 1.18 bits per heavy atom. The van der Waals surface area contributed by atoms with Gasteiger partial charge in [0.2, 0.25) is 0 Å². The highest BCUT2D eigenvalue weighted by Gasteiger charge is 2.19.